The number of hydrogen-bond acceptors (Lipinski definition) is 10. The van der Waals surface area contributed by atoms with Crippen molar-refractivity contribution in [2.24, 2.45) is 0 Å². The van der Waals surface area contributed by atoms with Crippen LogP contribution in [0.3, 0.4) is 0 Å². The highest BCUT2D eigenvalue weighted by Crippen LogP contribution is 2.40. The minimum absolute atomic E-state index is 0.0361. The van der Waals surface area contributed by atoms with Crippen molar-refractivity contribution in [3.63, 3.8) is 0 Å². The molecule has 0 saturated heterocycles. The Bertz CT molecular complexity index is 2080. The van der Waals surface area contributed by atoms with Crippen molar-refractivity contribution in [2.45, 2.75) is 0 Å². The Morgan fingerprint density at radius 1 is 0.450 bits per heavy atom. The van der Waals surface area contributed by atoms with Crippen molar-refractivity contribution < 1.29 is 47.9 Å². The molecule has 2 N–H and O–H groups in total. The van der Waals surface area contributed by atoms with Crippen LogP contribution < -0.4 is 9.80 Å². The highest BCUT2D eigenvalue weighted by atomic mass is 16.6. The van der Waals surface area contributed by atoms with E-state index in [9.17, 15) is 19.8 Å². The molecule has 0 fully saturated rings. The van der Waals surface area contributed by atoms with Gasteiger partial charge in [0.1, 0.15) is 39.7 Å². The molecule has 2 aromatic carbocycles. The first kappa shape index (κ1) is 43.7. The molecule has 2 aromatic rings. The van der Waals surface area contributed by atoms with Crippen LogP contribution in [0.1, 0.15) is 11.1 Å². The number of carbonyl (C=O) groups is 2. The first-order valence-corrected chi connectivity index (χ1v) is 20.2. The van der Waals surface area contributed by atoms with Gasteiger partial charge < -0.3 is 39.0 Å². The number of carbonyl (C=O) groups excluding carboxylic acids is 2. The van der Waals surface area contributed by atoms with Crippen LogP contribution in [0.25, 0.3) is 11.1 Å². The topological polar surface area (TPSA) is 124 Å². The Morgan fingerprint density at radius 3 is 1.03 bits per heavy atom. The van der Waals surface area contributed by atoms with Gasteiger partial charge in [-0.25, -0.2) is 9.15 Å². The van der Waals surface area contributed by atoms with E-state index >= 15 is 0 Å². The predicted molar refractivity (Wildman–Crippen MR) is 237 cm³/mol. The van der Waals surface area contributed by atoms with E-state index in [0.717, 1.165) is 22.8 Å². The van der Waals surface area contributed by atoms with Gasteiger partial charge in [-0.2, -0.15) is 0 Å². The van der Waals surface area contributed by atoms with Crippen LogP contribution in [-0.4, -0.2) is 151 Å². The molecule has 0 aliphatic heterocycles. The maximum Gasteiger partial charge on any atom is 0.201 e. The number of rotatable bonds is 19. The lowest BCUT2D eigenvalue weighted by molar-refractivity contribution is -0.462. The first-order valence-electron chi connectivity index (χ1n) is 20.2. The average molecular weight is 817 g/mol. The molecule has 6 rings (SSSR count). The fourth-order valence-electron chi connectivity index (χ4n) is 6.92. The lowest BCUT2D eigenvalue weighted by atomic mass is 9.80. The third kappa shape index (κ3) is 10.3. The lowest BCUT2D eigenvalue weighted by Crippen LogP contribution is -2.24. The monoisotopic (exact) mass is 816 g/mol. The Kier molecular flexibility index (Phi) is 14.8. The minimum Gasteiger partial charge on any atom is -0.506 e. The summed E-state index contributed by atoms with van der Waals surface area (Å²) in [7, 11) is 11.8. The van der Waals surface area contributed by atoms with Crippen molar-refractivity contribution in [1.29, 1.82) is 0 Å². The molecule has 0 saturated carbocycles. The number of aliphatic hydroxyl groups excluding tert-OH is 2. The van der Waals surface area contributed by atoms with E-state index in [0.29, 0.717) is 111 Å². The zero-order valence-electron chi connectivity index (χ0n) is 35.4. The van der Waals surface area contributed by atoms with E-state index < -0.39 is 0 Å². The third-order valence-electron chi connectivity index (χ3n) is 10.7. The van der Waals surface area contributed by atoms with E-state index in [4.69, 9.17) is 18.9 Å². The molecule has 0 bridgehead atoms. The normalized spacial score (nSPS) is 16.0. The van der Waals surface area contributed by atoms with E-state index in [2.05, 4.69) is 9.80 Å². The smallest absolute Gasteiger partial charge is 0.201 e. The van der Waals surface area contributed by atoms with E-state index in [-0.39, 0.29) is 23.1 Å². The number of aliphatic hydroxyl groups is 2. The summed E-state index contributed by atoms with van der Waals surface area (Å²) < 4.78 is 26.7. The maximum absolute atomic E-state index is 13.0. The zero-order chi connectivity index (χ0) is 42.8. The molecule has 4 aliphatic carbocycles. The number of anilines is 2. The van der Waals surface area contributed by atoms with Crippen LogP contribution in [0.5, 0.6) is 0 Å². The van der Waals surface area contributed by atoms with Gasteiger partial charge in [0.15, 0.2) is 11.4 Å². The summed E-state index contributed by atoms with van der Waals surface area (Å²) in [5.74, 6) is -0.230. The minimum atomic E-state index is -0.151. The molecule has 314 valence electrons. The molecular formula is C48H56N4O8+2. The largest absolute Gasteiger partial charge is 0.506 e. The SMILES string of the molecule is CN(CCOCCOCCOCCOCCN(C)c1ccc(C2=C(O)C(=C3C=CC(=[N+](C)C)C=C3)C2=O)cc1)c1ccc(C2=C(O)C(=C3C=CC(=[N+](C)C)C=C3)C2=O)cc1. The first-order chi connectivity index (χ1) is 29.0. The quantitative estimate of drug-likeness (QED) is 0.110. The van der Waals surface area contributed by atoms with E-state index in [1.807, 2.05) is 149 Å². The van der Waals surface area contributed by atoms with Crippen LogP contribution >= 0.6 is 0 Å². The Labute approximate surface area is 352 Å². The summed E-state index contributed by atoms with van der Waals surface area (Å²) >= 11 is 0. The van der Waals surface area contributed by atoms with Crippen LogP contribution in [0.4, 0.5) is 11.4 Å². The van der Waals surface area contributed by atoms with Crippen molar-refractivity contribution in [1.82, 2.24) is 0 Å². The van der Waals surface area contributed by atoms with Crippen molar-refractivity contribution in [3.8, 4) is 0 Å². The fraction of sp³-hybridized carbons (Fsp3) is 0.333. The number of benzene rings is 2. The average Bonchev–Trinajstić information content (AvgIpc) is 3.24. The second kappa shape index (κ2) is 20.4. The van der Waals surface area contributed by atoms with Gasteiger partial charge in [-0.3, -0.25) is 9.59 Å². The molecule has 0 heterocycles. The molecular weight excluding hydrogens is 761 g/mol. The summed E-state index contributed by atoms with van der Waals surface area (Å²) in [4.78, 5) is 30.1. The van der Waals surface area contributed by atoms with E-state index in [1.54, 1.807) is 0 Å². The lowest BCUT2D eigenvalue weighted by Gasteiger charge is -2.24. The Hall–Kier alpha value is -5.92. The van der Waals surface area contributed by atoms with Crippen LogP contribution in [0.15, 0.2) is 131 Å². The van der Waals surface area contributed by atoms with Gasteiger partial charge in [-0.05, 0) is 70.8 Å². The number of likely N-dealkylation sites (N-methyl/N-ethyl adjacent to an activating group) is 2. The highest BCUT2D eigenvalue weighted by Gasteiger charge is 2.37. The second-order valence-electron chi connectivity index (χ2n) is 15.1. The van der Waals surface area contributed by atoms with Gasteiger partial charge in [0, 0.05) is 62.9 Å². The molecule has 12 heteroatoms. The molecule has 0 atom stereocenters. The molecule has 0 spiro atoms. The summed E-state index contributed by atoms with van der Waals surface area (Å²) in [6.07, 6.45) is 15.1. The van der Waals surface area contributed by atoms with E-state index in [1.165, 1.54) is 0 Å². The highest BCUT2D eigenvalue weighted by molar-refractivity contribution is 6.40. The number of nitrogens with zero attached hydrogens (tertiary/aromatic N) is 4. The number of Topliss-reactive ketones (excluding diaryl/α,β-unsaturated/α-hetero) is 2. The summed E-state index contributed by atoms with van der Waals surface area (Å²) in [5, 5.41) is 21.5. The van der Waals surface area contributed by atoms with Crippen molar-refractivity contribution >= 4 is 45.5 Å². The molecule has 0 aromatic heterocycles. The molecule has 0 amide bonds. The summed E-state index contributed by atoms with van der Waals surface area (Å²) in [6, 6.07) is 15.2. The van der Waals surface area contributed by atoms with Gasteiger partial charge in [0.25, 0.3) is 0 Å². The second-order valence-corrected chi connectivity index (χ2v) is 15.1. The summed E-state index contributed by atoms with van der Waals surface area (Å²) in [5.41, 5.74) is 8.23. The van der Waals surface area contributed by atoms with Crippen LogP contribution in [0, 0.1) is 0 Å². The molecule has 4 aliphatic rings. The molecule has 0 radical (unpaired) electrons. The summed E-state index contributed by atoms with van der Waals surface area (Å²) in [6.45, 7) is 5.24. The number of ether oxygens (including phenoxy) is 4. The zero-order valence-corrected chi connectivity index (χ0v) is 35.4. The standard InChI is InChI=1S/C48H54N4O8/c1-49(2)37-15-7-33(8-16-37)41-45(53)43(46(41)54)35-11-19-39(20-12-35)51(5)23-25-57-27-29-59-31-32-60-30-28-58-26-24-52(6)40-21-13-36(14-22-40)44-47(55)42(48(44)56)34-9-17-38(18-10-34)50(3)4/h7-22H,23-32H2,1-6H3/p+2. The third-order valence-corrected chi connectivity index (χ3v) is 10.7. The van der Waals surface area contributed by atoms with Crippen LogP contribution in [-0.2, 0) is 28.5 Å². The molecule has 12 nitrogen and oxygen atoms in total. The number of allylic oxidation sites excluding steroid dienone is 14. The van der Waals surface area contributed by atoms with Gasteiger partial charge >= 0.3 is 0 Å². The molecule has 0 unspecified atom stereocenters. The predicted octanol–water partition coefficient (Wildman–Crippen LogP) is 5.30. The van der Waals surface area contributed by atoms with Gasteiger partial charge in [-0.1, -0.05) is 24.3 Å². The Morgan fingerprint density at radius 2 is 0.750 bits per heavy atom. The van der Waals surface area contributed by atoms with Gasteiger partial charge in [-0.15, -0.1) is 0 Å². The van der Waals surface area contributed by atoms with Crippen molar-refractivity contribution in [2.75, 3.05) is 118 Å². The Balaban J connectivity index is 0.785. The van der Waals surface area contributed by atoms with Gasteiger partial charge in [0.05, 0.1) is 75.1 Å². The van der Waals surface area contributed by atoms with Gasteiger partial charge in [0.2, 0.25) is 11.6 Å². The molecule has 60 heavy (non-hydrogen) atoms. The fourth-order valence-corrected chi connectivity index (χ4v) is 6.92. The van der Waals surface area contributed by atoms with Crippen LogP contribution in [0.2, 0.25) is 0 Å². The maximum atomic E-state index is 13.0. The number of ketones is 2. The number of hydrogen-bond donors (Lipinski definition) is 2. The van der Waals surface area contributed by atoms with Crippen molar-refractivity contribution in [3.05, 3.63) is 142 Å².